The first-order valence-corrected chi connectivity index (χ1v) is 27.9. The zero-order valence-corrected chi connectivity index (χ0v) is 44.4. The van der Waals surface area contributed by atoms with E-state index >= 15 is 0 Å². The van der Waals surface area contributed by atoms with Gasteiger partial charge in [0.15, 0.2) is 0 Å². The average Bonchev–Trinajstić information content (AvgIpc) is 4.12. The van der Waals surface area contributed by atoms with Crippen molar-refractivity contribution in [3.63, 3.8) is 0 Å². The fourth-order valence-corrected chi connectivity index (χ4v) is 12.6. The van der Waals surface area contributed by atoms with Crippen molar-refractivity contribution in [1.82, 2.24) is 40.7 Å². The summed E-state index contributed by atoms with van der Waals surface area (Å²) in [5.74, 6) is 0.616. The second kappa shape index (κ2) is 22.9. The van der Waals surface area contributed by atoms with Crippen LogP contribution in [0.4, 0.5) is 11.5 Å². The number of amides is 3. The van der Waals surface area contributed by atoms with E-state index < -0.39 is 17.5 Å². The fourth-order valence-electron chi connectivity index (χ4n) is 11.8. The molecule has 3 aromatic carbocycles. The first kappa shape index (κ1) is 51.6. The molecule has 11 rings (SSSR count). The van der Waals surface area contributed by atoms with Gasteiger partial charge in [-0.1, -0.05) is 69.3 Å². The van der Waals surface area contributed by atoms with Crippen molar-refractivity contribution in [3.05, 3.63) is 88.7 Å². The van der Waals surface area contributed by atoms with E-state index in [0.29, 0.717) is 57.4 Å². The van der Waals surface area contributed by atoms with Crippen molar-refractivity contribution >= 4 is 51.3 Å². The van der Waals surface area contributed by atoms with E-state index in [9.17, 15) is 19.5 Å². The number of aromatic hydroxyl groups is 1. The predicted molar refractivity (Wildman–Crippen MR) is 290 cm³/mol. The Morgan fingerprint density at radius 1 is 0.959 bits per heavy atom. The van der Waals surface area contributed by atoms with E-state index in [2.05, 4.69) is 47.8 Å². The van der Waals surface area contributed by atoms with Crippen molar-refractivity contribution in [2.24, 2.45) is 5.41 Å². The SMILES string of the molecule is Cc1ncsc1-c1ccc(CNC(=O)[C@@H]2CCCN2C(=O)[C@@H](NC(=O)CCOCCCN2CCC[C@H]2COc2nc3c(c(N4CC5CCCC4CN5)n2)CCN(c2cc(O)cc4ccccc24)C3)C(C)(C)C)cc1. The molecule has 2 bridgehead atoms. The molecule has 74 heavy (non-hydrogen) atoms. The van der Waals surface area contributed by atoms with Gasteiger partial charge in [-0.2, -0.15) is 9.97 Å². The Kier molecular flexibility index (Phi) is 16.0. The zero-order valence-electron chi connectivity index (χ0n) is 43.6. The summed E-state index contributed by atoms with van der Waals surface area (Å²) in [7, 11) is 0. The van der Waals surface area contributed by atoms with Gasteiger partial charge in [-0.15, -0.1) is 11.3 Å². The number of fused-ring (bicyclic) bond motifs is 6. The number of nitrogens with one attached hydrogen (secondary N) is 3. The fraction of sp³-hybridized carbons (Fsp3) is 0.544. The number of piperazine rings is 1. The van der Waals surface area contributed by atoms with Crippen LogP contribution in [-0.4, -0.2) is 137 Å². The Bertz CT molecular complexity index is 2780. The van der Waals surface area contributed by atoms with Crippen LogP contribution >= 0.6 is 11.3 Å². The van der Waals surface area contributed by atoms with Gasteiger partial charge in [-0.25, -0.2) is 4.98 Å². The third-order valence-electron chi connectivity index (χ3n) is 15.8. The lowest BCUT2D eigenvalue weighted by molar-refractivity contribution is -0.144. The Morgan fingerprint density at radius 3 is 2.62 bits per heavy atom. The second-order valence-corrected chi connectivity index (χ2v) is 22.9. The van der Waals surface area contributed by atoms with Gasteiger partial charge in [0.1, 0.15) is 30.3 Å². The number of benzene rings is 3. The minimum atomic E-state index is -0.791. The Labute approximate surface area is 439 Å². The van der Waals surface area contributed by atoms with Crippen molar-refractivity contribution in [1.29, 1.82) is 0 Å². The molecule has 5 atom stereocenters. The molecule has 17 heteroatoms. The number of nitrogens with zero attached hydrogens (tertiary/aromatic N) is 7. The molecule has 0 aliphatic carbocycles. The molecule has 2 unspecified atom stereocenters. The molecular formula is C57H74N10O6S. The molecule has 6 aliphatic rings. The van der Waals surface area contributed by atoms with E-state index in [1.54, 1.807) is 16.2 Å². The topological polar surface area (TPSA) is 178 Å². The molecule has 5 aromatic rings. The summed E-state index contributed by atoms with van der Waals surface area (Å²) >= 11 is 1.61. The van der Waals surface area contributed by atoms with Gasteiger partial charge in [0.25, 0.3) is 0 Å². The van der Waals surface area contributed by atoms with Gasteiger partial charge < -0.3 is 45.2 Å². The maximum atomic E-state index is 14.1. The van der Waals surface area contributed by atoms with Crippen LogP contribution in [-0.2, 0) is 38.6 Å². The maximum absolute atomic E-state index is 14.1. The quantitative estimate of drug-likeness (QED) is 0.0653. The van der Waals surface area contributed by atoms with Crippen LogP contribution < -0.4 is 30.5 Å². The van der Waals surface area contributed by atoms with Crippen LogP contribution in [0.5, 0.6) is 11.8 Å². The number of rotatable bonds is 18. The summed E-state index contributed by atoms with van der Waals surface area (Å²) in [6, 6.07) is 20.1. The lowest BCUT2D eigenvalue weighted by atomic mass is 9.85. The molecule has 0 radical (unpaired) electrons. The molecule has 2 aromatic heterocycles. The van der Waals surface area contributed by atoms with Crippen LogP contribution in [0.1, 0.15) is 101 Å². The standard InChI is InChI=1S/C57H74N10O6S/c1-37-51(74-36-60-37)39-19-17-38(18-20-39)31-59-54(70)48-16-9-25-66(48)55(71)52(57(2,3)4)62-50(69)22-28-72-27-10-24-64-23-8-14-43(64)35-73-56-61-47-34-65(49-30-44(68)29-40-11-5-6-15-45(40)49)26-21-46(47)53(63-56)67-33-41-12-7-13-42(67)32-58-41/h5-6,11,15,17-20,29-30,36,41-43,48,52,58,68H,7-10,12-14,16,21-28,31-35H2,1-4H3,(H,59,70)(H,62,69)/t41?,42?,43-,48-,52+/m0/s1. The molecule has 16 nitrogen and oxygen atoms in total. The van der Waals surface area contributed by atoms with E-state index in [1.165, 1.54) is 18.4 Å². The van der Waals surface area contributed by atoms with E-state index in [-0.39, 0.29) is 42.5 Å². The third-order valence-corrected chi connectivity index (χ3v) is 16.8. The second-order valence-electron chi connectivity index (χ2n) is 22.1. The number of hydrogen-bond donors (Lipinski definition) is 4. The van der Waals surface area contributed by atoms with Crippen molar-refractivity contribution in [3.8, 4) is 22.2 Å². The Morgan fingerprint density at radius 2 is 1.80 bits per heavy atom. The predicted octanol–water partition coefficient (Wildman–Crippen LogP) is 7.14. The Hall–Kier alpha value is -5.88. The number of aromatic nitrogens is 3. The highest BCUT2D eigenvalue weighted by Crippen LogP contribution is 2.38. The average molecular weight is 1030 g/mol. The number of hydrogen-bond acceptors (Lipinski definition) is 14. The Balaban J connectivity index is 0.696. The molecule has 6 aliphatic heterocycles. The highest BCUT2D eigenvalue weighted by molar-refractivity contribution is 7.13. The van der Waals surface area contributed by atoms with E-state index in [4.69, 9.17) is 19.4 Å². The molecule has 4 N–H and O–H groups in total. The molecular weight excluding hydrogens is 953 g/mol. The van der Waals surface area contributed by atoms with Gasteiger partial charge in [-0.3, -0.25) is 19.3 Å². The van der Waals surface area contributed by atoms with Crippen LogP contribution in [0.3, 0.4) is 0 Å². The van der Waals surface area contributed by atoms with Crippen LogP contribution in [0.15, 0.2) is 66.2 Å². The van der Waals surface area contributed by atoms with Crippen molar-refractivity contribution in [2.45, 2.75) is 135 Å². The largest absolute Gasteiger partial charge is 0.508 e. The van der Waals surface area contributed by atoms with E-state index in [0.717, 1.165) is 121 Å². The first-order valence-electron chi connectivity index (χ1n) is 27.0. The first-order chi connectivity index (χ1) is 35.9. The summed E-state index contributed by atoms with van der Waals surface area (Å²) in [6.45, 7) is 15.0. The molecule has 0 spiro atoms. The normalized spacial score (nSPS) is 21.4. The molecule has 5 saturated heterocycles. The summed E-state index contributed by atoms with van der Waals surface area (Å²) in [6.07, 6.45) is 8.68. The number of anilines is 2. The van der Waals surface area contributed by atoms with Gasteiger partial charge in [0.05, 0.1) is 34.9 Å². The summed E-state index contributed by atoms with van der Waals surface area (Å²) < 4.78 is 12.6. The minimum Gasteiger partial charge on any atom is -0.508 e. The minimum absolute atomic E-state index is 0.131. The molecule has 394 valence electrons. The smallest absolute Gasteiger partial charge is 0.318 e. The zero-order chi connectivity index (χ0) is 51.3. The third kappa shape index (κ3) is 11.8. The number of ether oxygens (including phenoxy) is 2. The van der Waals surface area contributed by atoms with Crippen LogP contribution in [0.2, 0.25) is 0 Å². The lowest BCUT2D eigenvalue weighted by Crippen LogP contribution is -2.57. The number of likely N-dealkylation sites (tertiary alicyclic amines) is 2. The lowest BCUT2D eigenvalue weighted by Gasteiger charge is -2.41. The molecule has 8 heterocycles. The summed E-state index contributed by atoms with van der Waals surface area (Å²) in [5, 5.41) is 22.7. The summed E-state index contributed by atoms with van der Waals surface area (Å²) in [4.78, 5) is 65.9. The molecule has 0 saturated carbocycles. The highest BCUT2D eigenvalue weighted by Gasteiger charge is 2.42. The van der Waals surface area contributed by atoms with Crippen LogP contribution in [0, 0.1) is 12.3 Å². The van der Waals surface area contributed by atoms with Gasteiger partial charge in [0.2, 0.25) is 17.7 Å². The van der Waals surface area contributed by atoms with Crippen molar-refractivity contribution in [2.75, 3.05) is 68.9 Å². The molecule has 3 amide bonds. The number of carbonyl (C=O) groups is 3. The molecule has 5 fully saturated rings. The van der Waals surface area contributed by atoms with E-state index in [1.807, 2.05) is 81.7 Å². The summed E-state index contributed by atoms with van der Waals surface area (Å²) in [5.41, 5.74) is 7.54. The number of phenols is 1. The number of carbonyl (C=O) groups excluding carboxylic acids is 3. The monoisotopic (exact) mass is 1030 g/mol. The van der Waals surface area contributed by atoms with Gasteiger partial charge in [-0.05, 0) is 99.3 Å². The highest BCUT2D eigenvalue weighted by atomic mass is 32.1. The van der Waals surface area contributed by atoms with Gasteiger partial charge >= 0.3 is 6.01 Å². The maximum Gasteiger partial charge on any atom is 0.318 e. The number of aryl methyl sites for hydroxylation is 1. The van der Waals surface area contributed by atoms with Gasteiger partial charge in [0, 0.05) is 93.1 Å². The number of thiazole rings is 1. The van der Waals surface area contributed by atoms with Crippen LogP contribution in [0.25, 0.3) is 21.2 Å². The van der Waals surface area contributed by atoms with Crippen molar-refractivity contribution < 1.29 is 29.0 Å². The number of phenolic OH excluding ortho intramolecular Hbond substituents is 1.